The lowest BCUT2D eigenvalue weighted by atomic mass is 9.99. The fourth-order valence-electron chi connectivity index (χ4n) is 12.3. The molecule has 6 N–H and O–H groups in total. The van der Waals surface area contributed by atoms with Gasteiger partial charge in [-0.1, -0.05) is 339 Å². The molecule has 7 atom stereocenters. The van der Waals surface area contributed by atoms with Gasteiger partial charge in [-0.3, -0.25) is 9.59 Å². The summed E-state index contributed by atoms with van der Waals surface area (Å²) < 4.78 is 16.7. The number of unbranched alkanes of at least 4 members (excludes halogenated alkanes) is 49. The van der Waals surface area contributed by atoms with Gasteiger partial charge in [-0.25, -0.2) is 0 Å². The molecule has 0 saturated carbocycles. The molecule has 1 aliphatic heterocycles. The molecule has 0 aromatic heterocycles. The van der Waals surface area contributed by atoms with Gasteiger partial charge in [-0.2, -0.15) is 0 Å². The summed E-state index contributed by atoms with van der Waals surface area (Å²) in [7, 11) is 0. The van der Waals surface area contributed by atoms with E-state index in [1.165, 1.54) is 295 Å². The number of allylic oxidation sites excluding steroid dienone is 7. The molecule has 1 amide bonds. The molecular weight excluding hydrogens is 1120 g/mol. The van der Waals surface area contributed by atoms with Gasteiger partial charge in [0.25, 0.3) is 0 Å². The number of esters is 1. The fraction of sp³-hybridized carbons (Fsp3) is 0.873. The van der Waals surface area contributed by atoms with E-state index in [1.807, 2.05) is 6.08 Å². The molecule has 0 radical (unpaired) electrons. The Hall–Kier alpha value is -2.38. The van der Waals surface area contributed by atoms with E-state index in [2.05, 4.69) is 55.6 Å². The van der Waals surface area contributed by atoms with Crippen LogP contribution in [0.3, 0.4) is 0 Å². The first-order valence-electron chi connectivity index (χ1n) is 38.9. The molecule has 0 aromatic rings. The first kappa shape index (κ1) is 85.6. The predicted molar refractivity (Wildman–Crippen MR) is 380 cm³/mol. The summed E-state index contributed by atoms with van der Waals surface area (Å²) in [5.74, 6) is -0.173. The molecule has 90 heavy (non-hydrogen) atoms. The molecule has 1 aliphatic rings. The molecule has 7 unspecified atom stereocenters. The van der Waals surface area contributed by atoms with Crippen molar-refractivity contribution >= 4 is 11.9 Å². The monoisotopic (exact) mass is 1270 g/mol. The number of carbonyl (C=O) groups excluding carboxylic acids is 2. The highest BCUT2D eigenvalue weighted by atomic mass is 16.7. The smallest absolute Gasteiger partial charge is 0.305 e. The first-order valence-corrected chi connectivity index (χ1v) is 38.9. The van der Waals surface area contributed by atoms with Gasteiger partial charge in [0, 0.05) is 12.8 Å². The van der Waals surface area contributed by atoms with Crippen LogP contribution in [-0.2, 0) is 23.8 Å². The summed E-state index contributed by atoms with van der Waals surface area (Å²) in [5.41, 5.74) is 0. The van der Waals surface area contributed by atoms with Gasteiger partial charge < -0.3 is 45.1 Å². The average Bonchev–Trinajstić information content (AvgIpc) is 3.37. The molecule has 1 saturated heterocycles. The van der Waals surface area contributed by atoms with Gasteiger partial charge >= 0.3 is 5.97 Å². The quantitative estimate of drug-likeness (QED) is 0.0195. The van der Waals surface area contributed by atoms with Gasteiger partial charge in [0.1, 0.15) is 24.4 Å². The molecule has 0 aromatic carbocycles. The van der Waals surface area contributed by atoms with Crippen LogP contribution < -0.4 is 5.32 Å². The number of nitrogens with one attached hydrogen (secondary N) is 1. The van der Waals surface area contributed by atoms with Crippen molar-refractivity contribution < 1.29 is 49.3 Å². The Morgan fingerprint density at radius 2 is 0.756 bits per heavy atom. The lowest BCUT2D eigenvalue weighted by molar-refractivity contribution is -0.302. The molecule has 528 valence electrons. The third-order valence-corrected chi connectivity index (χ3v) is 18.4. The number of aliphatic hydroxyl groups is 5. The molecule has 1 fully saturated rings. The van der Waals surface area contributed by atoms with E-state index >= 15 is 0 Å². The van der Waals surface area contributed by atoms with Crippen LogP contribution in [0.15, 0.2) is 48.6 Å². The van der Waals surface area contributed by atoms with Crippen molar-refractivity contribution in [2.45, 2.75) is 423 Å². The molecule has 0 spiro atoms. The van der Waals surface area contributed by atoms with Crippen molar-refractivity contribution in [3.8, 4) is 0 Å². The molecule has 11 nitrogen and oxygen atoms in total. The zero-order valence-electron chi connectivity index (χ0n) is 58.9. The van der Waals surface area contributed by atoms with Crippen LogP contribution in [-0.4, -0.2) is 100 Å². The van der Waals surface area contributed by atoms with Crippen molar-refractivity contribution in [2.75, 3.05) is 19.8 Å². The summed E-state index contributed by atoms with van der Waals surface area (Å²) in [6, 6.07) is -0.825. The Morgan fingerprint density at radius 3 is 1.17 bits per heavy atom. The number of aliphatic hydroxyl groups excluding tert-OH is 5. The van der Waals surface area contributed by atoms with Gasteiger partial charge in [0.15, 0.2) is 6.29 Å². The van der Waals surface area contributed by atoms with Gasteiger partial charge in [-0.15, -0.1) is 0 Å². The van der Waals surface area contributed by atoms with Gasteiger partial charge in [0.2, 0.25) is 5.91 Å². The lowest BCUT2D eigenvalue weighted by Crippen LogP contribution is -2.60. The van der Waals surface area contributed by atoms with Gasteiger partial charge in [-0.05, 0) is 77.0 Å². The standard InChI is InChI=1S/C79H147NO10/c1-3-5-7-9-11-13-15-47-51-55-59-63-67-75(84)88-68-64-60-56-52-48-44-42-40-38-36-34-32-30-28-26-24-22-20-18-16-17-19-21-23-25-27-29-31-33-35-37-39-41-43-46-50-54-58-62-66-74(83)80-71(70-89-79-78(87)77(86)76(85)73(69-81)90-79)72(82)65-61-57-53-49-45-14-12-10-8-6-4-2/h16-17,20,22,45,49,61,65,71-73,76-79,81-82,85-87H,3-15,18-19,21,23-44,46-48,50-60,62-64,66-70H2,1-2H3,(H,80,83)/b17-16-,22-20-,49-45+,65-61+. The van der Waals surface area contributed by atoms with E-state index in [4.69, 9.17) is 14.2 Å². The normalized spacial score (nSPS) is 17.9. The van der Waals surface area contributed by atoms with Crippen molar-refractivity contribution in [3.63, 3.8) is 0 Å². The minimum Gasteiger partial charge on any atom is -0.466 e. The van der Waals surface area contributed by atoms with Crippen LogP contribution >= 0.6 is 0 Å². The highest BCUT2D eigenvalue weighted by Crippen LogP contribution is 2.24. The van der Waals surface area contributed by atoms with Crippen molar-refractivity contribution in [2.24, 2.45) is 0 Å². The van der Waals surface area contributed by atoms with E-state index in [9.17, 15) is 35.1 Å². The van der Waals surface area contributed by atoms with E-state index in [0.29, 0.717) is 19.4 Å². The molecule has 1 heterocycles. The Kier molecular flexibility index (Phi) is 64.7. The molecule has 1 rings (SSSR count). The Bertz CT molecular complexity index is 1630. The Labute approximate surface area is 555 Å². The van der Waals surface area contributed by atoms with E-state index in [1.54, 1.807) is 6.08 Å². The number of amides is 1. The van der Waals surface area contributed by atoms with E-state index < -0.39 is 49.5 Å². The second-order valence-electron chi connectivity index (χ2n) is 27.1. The zero-order chi connectivity index (χ0) is 65.1. The minimum absolute atomic E-state index is 0.0154. The van der Waals surface area contributed by atoms with Crippen LogP contribution in [0.5, 0.6) is 0 Å². The number of carbonyl (C=O) groups is 2. The van der Waals surface area contributed by atoms with Gasteiger partial charge in [0.05, 0.1) is 32.0 Å². The summed E-state index contributed by atoms with van der Waals surface area (Å²) in [6.07, 6.45) is 80.1. The third-order valence-electron chi connectivity index (χ3n) is 18.4. The van der Waals surface area contributed by atoms with E-state index in [0.717, 1.165) is 57.8 Å². The van der Waals surface area contributed by atoms with Crippen LogP contribution in [0.25, 0.3) is 0 Å². The maximum atomic E-state index is 13.0. The topological polar surface area (TPSA) is 175 Å². The maximum absolute atomic E-state index is 13.0. The number of hydrogen-bond acceptors (Lipinski definition) is 10. The second kappa shape index (κ2) is 68.0. The van der Waals surface area contributed by atoms with E-state index in [-0.39, 0.29) is 18.5 Å². The molecule has 0 bridgehead atoms. The zero-order valence-corrected chi connectivity index (χ0v) is 58.9. The Morgan fingerprint density at radius 1 is 0.411 bits per heavy atom. The van der Waals surface area contributed by atoms with Crippen molar-refractivity contribution in [1.82, 2.24) is 5.32 Å². The summed E-state index contributed by atoms with van der Waals surface area (Å²) in [4.78, 5) is 25.1. The summed E-state index contributed by atoms with van der Waals surface area (Å²) >= 11 is 0. The first-order chi connectivity index (χ1) is 44.2. The van der Waals surface area contributed by atoms with Crippen LogP contribution in [0.1, 0.15) is 380 Å². The lowest BCUT2D eigenvalue weighted by Gasteiger charge is -2.40. The Balaban J connectivity index is 1.90. The highest BCUT2D eigenvalue weighted by molar-refractivity contribution is 5.76. The minimum atomic E-state index is -1.57. The third kappa shape index (κ3) is 56.0. The second-order valence-corrected chi connectivity index (χ2v) is 27.1. The highest BCUT2D eigenvalue weighted by Gasteiger charge is 2.44. The maximum Gasteiger partial charge on any atom is 0.305 e. The predicted octanol–water partition coefficient (Wildman–Crippen LogP) is 20.7. The molecular formula is C79H147NO10. The molecule has 11 heteroatoms. The number of ether oxygens (including phenoxy) is 3. The van der Waals surface area contributed by atoms with Crippen LogP contribution in [0, 0.1) is 0 Å². The summed E-state index contributed by atoms with van der Waals surface area (Å²) in [5, 5.41) is 54.4. The largest absolute Gasteiger partial charge is 0.466 e. The van der Waals surface area contributed by atoms with Crippen molar-refractivity contribution in [3.05, 3.63) is 48.6 Å². The average molecular weight is 1270 g/mol. The van der Waals surface area contributed by atoms with Crippen LogP contribution in [0.4, 0.5) is 0 Å². The van der Waals surface area contributed by atoms with Crippen molar-refractivity contribution in [1.29, 1.82) is 0 Å². The van der Waals surface area contributed by atoms with Crippen LogP contribution in [0.2, 0.25) is 0 Å². The number of hydrogen-bond donors (Lipinski definition) is 6. The summed E-state index contributed by atoms with van der Waals surface area (Å²) in [6.45, 7) is 4.34. The fourth-order valence-corrected chi connectivity index (χ4v) is 12.3. The SMILES string of the molecule is CCCCCCC/C=C/CC/C=C/C(O)C(COC1OC(CO)C(O)C(O)C1O)NC(=O)CCCCCCCCCCCCCCCCCCC/C=C\C/C=C\CCCCCCCCCCCCCCCCCOC(=O)CCCCCCCCCCCCCC. The number of rotatable bonds is 69. The molecule has 0 aliphatic carbocycles.